The first-order chi connectivity index (χ1) is 8.19. The molecule has 1 aromatic rings. The largest absolute Gasteiger partial charge is 0.306 e. The molecule has 2 atom stereocenters. The number of unbranched alkanes of at least 4 members (excludes halogenated alkanes) is 1. The average Bonchev–Trinajstić information content (AvgIpc) is 2.72. The maximum absolute atomic E-state index is 4.23. The summed E-state index contributed by atoms with van der Waals surface area (Å²) in [6.45, 7) is 6.74. The molecule has 0 fully saturated rings. The van der Waals surface area contributed by atoms with Crippen LogP contribution in [0.5, 0.6) is 0 Å². The number of hydrogen-bond acceptors (Lipinski definition) is 2. The molecule has 0 saturated heterocycles. The molecule has 0 aliphatic rings. The molecular formula is C14H27N3. The Morgan fingerprint density at radius 2 is 2.06 bits per heavy atom. The minimum absolute atomic E-state index is 0.385. The average molecular weight is 237 g/mol. The molecule has 1 rings (SSSR count). The summed E-state index contributed by atoms with van der Waals surface area (Å²) in [6, 6.07) is 3.13. The molecule has 3 heteroatoms. The Bertz CT molecular complexity index is 306. The fraction of sp³-hybridized carbons (Fsp3) is 0.786. The van der Waals surface area contributed by atoms with Crippen molar-refractivity contribution in [2.75, 3.05) is 0 Å². The van der Waals surface area contributed by atoms with E-state index >= 15 is 0 Å². The summed E-state index contributed by atoms with van der Waals surface area (Å²) in [6.07, 6.45) is 8.26. The van der Waals surface area contributed by atoms with Crippen LogP contribution in [0.3, 0.4) is 0 Å². The van der Waals surface area contributed by atoms with Gasteiger partial charge in [-0.05, 0) is 25.8 Å². The molecule has 1 heterocycles. The number of aryl methyl sites for hydroxylation is 1. The molecule has 2 unspecified atom stereocenters. The van der Waals surface area contributed by atoms with Gasteiger partial charge < -0.3 is 5.32 Å². The van der Waals surface area contributed by atoms with Crippen LogP contribution in [-0.4, -0.2) is 15.8 Å². The SMILES string of the molecule is CCCCC(CCC)NC(C)c1ccnn1C. The van der Waals surface area contributed by atoms with Gasteiger partial charge in [-0.3, -0.25) is 4.68 Å². The van der Waals surface area contributed by atoms with Crippen molar-refractivity contribution < 1.29 is 0 Å². The molecule has 3 nitrogen and oxygen atoms in total. The van der Waals surface area contributed by atoms with Gasteiger partial charge in [0.05, 0.1) is 5.69 Å². The highest BCUT2D eigenvalue weighted by molar-refractivity contribution is 5.05. The second-order valence-corrected chi connectivity index (χ2v) is 4.90. The topological polar surface area (TPSA) is 29.9 Å². The molecule has 17 heavy (non-hydrogen) atoms. The Balaban J connectivity index is 2.51. The van der Waals surface area contributed by atoms with E-state index in [-0.39, 0.29) is 0 Å². The van der Waals surface area contributed by atoms with Gasteiger partial charge in [-0.2, -0.15) is 5.10 Å². The van der Waals surface area contributed by atoms with E-state index in [1.807, 2.05) is 17.9 Å². The quantitative estimate of drug-likeness (QED) is 0.750. The first-order valence-electron chi connectivity index (χ1n) is 6.93. The molecule has 1 aromatic heterocycles. The van der Waals surface area contributed by atoms with Crippen LogP contribution in [0.1, 0.15) is 64.6 Å². The fourth-order valence-electron chi connectivity index (χ4n) is 2.36. The molecule has 0 amide bonds. The molecule has 1 N–H and O–H groups in total. The van der Waals surface area contributed by atoms with Gasteiger partial charge in [-0.1, -0.05) is 33.1 Å². The summed E-state index contributed by atoms with van der Waals surface area (Å²) in [5, 5.41) is 7.96. The van der Waals surface area contributed by atoms with Gasteiger partial charge in [0.2, 0.25) is 0 Å². The third-order valence-electron chi connectivity index (χ3n) is 3.33. The number of rotatable bonds is 8. The van der Waals surface area contributed by atoms with Gasteiger partial charge in [0.25, 0.3) is 0 Å². The second-order valence-electron chi connectivity index (χ2n) is 4.90. The van der Waals surface area contributed by atoms with E-state index in [0.717, 1.165) is 0 Å². The predicted molar refractivity (Wildman–Crippen MR) is 73.0 cm³/mol. The van der Waals surface area contributed by atoms with E-state index in [2.05, 4.69) is 37.3 Å². The smallest absolute Gasteiger partial charge is 0.0547 e. The van der Waals surface area contributed by atoms with Crippen molar-refractivity contribution in [3.8, 4) is 0 Å². The van der Waals surface area contributed by atoms with Crippen LogP contribution in [0.2, 0.25) is 0 Å². The van der Waals surface area contributed by atoms with Crippen LogP contribution in [0.15, 0.2) is 12.3 Å². The number of aromatic nitrogens is 2. The lowest BCUT2D eigenvalue weighted by atomic mass is 10.0. The Morgan fingerprint density at radius 3 is 2.59 bits per heavy atom. The predicted octanol–water partition coefficient (Wildman–Crippen LogP) is 3.43. The van der Waals surface area contributed by atoms with Crippen LogP contribution in [0.25, 0.3) is 0 Å². The molecule has 0 spiro atoms. The standard InChI is InChI=1S/C14H27N3/c1-5-7-9-13(8-6-2)16-12(3)14-10-11-15-17(14)4/h10-13,16H,5-9H2,1-4H3. The van der Waals surface area contributed by atoms with Gasteiger partial charge in [0, 0.05) is 25.3 Å². The number of nitrogens with one attached hydrogen (secondary N) is 1. The van der Waals surface area contributed by atoms with Crippen molar-refractivity contribution in [1.29, 1.82) is 0 Å². The molecule has 0 radical (unpaired) electrons. The minimum Gasteiger partial charge on any atom is -0.306 e. The van der Waals surface area contributed by atoms with Crippen molar-refractivity contribution >= 4 is 0 Å². The number of nitrogens with zero attached hydrogens (tertiary/aromatic N) is 2. The Morgan fingerprint density at radius 1 is 1.29 bits per heavy atom. The lowest BCUT2D eigenvalue weighted by Crippen LogP contribution is -2.32. The molecule has 0 aromatic carbocycles. The summed E-state index contributed by atoms with van der Waals surface area (Å²) in [4.78, 5) is 0. The molecular weight excluding hydrogens is 210 g/mol. The number of hydrogen-bond donors (Lipinski definition) is 1. The Hall–Kier alpha value is -0.830. The van der Waals surface area contributed by atoms with E-state index in [9.17, 15) is 0 Å². The highest BCUT2D eigenvalue weighted by Gasteiger charge is 2.14. The lowest BCUT2D eigenvalue weighted by Gasteiger charge is -2.23. The van der Waals surface area contributed by atoms with Crippen molar-refractivity contribution in [2.45, 2.75) is 65.0 Å². The maximum atomic E-state index is 4.23. The first kappa shape index (κ1) is 14.2. The van der Waals surface area contributed by atoms with Crippen LogP contribution >= 0.6 is 0 Å². The van der Waals surface area contributed by atoms with Gasteiger partial charge in [0.1, 0.15) is 0 Å². The third kappa shape index (κ3) is 4.50. The highest BCUT2D eigenvalue weighted by atomic mass is 15.3. The lowest BCUT2D eigenvalue weighted by molar-refractivity contribution is 0.386. The van der Waals surface area contributed by atoms with E-state index in [4.69, 9.17) is 0 Å². The third-order valence-corrected chi connectivity index (χ3v) is 3.33. The zero-order chi connectivity index (χ0) is 12.7. The van der Waals surface area contributed by atoms with E-state index in [1.54, 1.807) is 0 Å². The Labute approximate surface area is 106 Å². The van der Waals surface area contributed by atoms with Gasteiger partial charge in [-0.15, -0.1) is 0 Å². The van der Waals surface area contributed by atoms with E-state index < -0.39 is 0 Å². The summed E-state index contributed by atoms with van der Waals surface area (Å²) in [7, 11) is 2.01. The second kappa shape index (κ2) is 7.49. The normalized spacial score (nSPS) is 14.8. The van der Waals surface area contributed by atoms with Gasteiger partial charge in [-0.25, -0.2) is 0 Å². The van der Waals surface area contributed by atoms with Crippen molar-refractivity contribution in [2.24, 2.45) is 7.05 Å². The monoisotopic (exact) mass is 237 g/mol. The van der Waals surface area contributed by atoms with Crippen molar-refractivity contribution in [3.63, 3.8) is 0 Å². The summed E-state index contributed by atoms with van der Waals surface area (Å²) in [5.41, 5.74) is 1.27. The molecule has 0 saturated carbocycles. The van der Waals surface area contributed by atoms with Crippen LogP contribution in [-0.2, 0) is 7.05 Å². The van der Waals surface area contributed by atoms with E-state index in [1.165, 1.54) is 37.8 Å². The maximum Gasteiger partial charge on any atom is 0.0547 e. The van der Waals surface area contributed by atoms with Crippen LogP contribution in [0.4, 0.5) is 0 Å². The fourth-order valence-corrected chi connectivity index (χ4v) is 2.36. The van der Waals surface area contributed by atoms with Crippen LogP contribution < -0.4 is 5.32 Å². The van der Waals surface area contributed by atoms with E-state index in [0.29, 0.717) is 12.1 Å². The molecule has 0 aliphatic heterocycles. The summed E-state index contributed by atoms with van der Waals surface area (Å²) >= 11 is 0. The molecule has 0 aliphatic carbocycles. The zero-order valence-corrected chi connectivity index (χ0v) is 11.7. The molecule has 98 valence electrons. The Kier molecular flexibility index (Phi) is 6.27. The van der Waals surface area contributed by atoms with Gasteiger partial charge in [0.15, 0.2) is 0 Å². The first-order valence-corrected chi connectivity index (χ1v) is 6.93. The summed E-state index contributed by atoms with van der Waals surface area (Å²) < 4.78 is 1.96. The zero-order valence-electron chi connectivity index (χ0n) is 11.7. The van der Waals surface area contributed by atoms with Crippen LogP contribution in [0, 0.1) is 0 Å². The highest BCUT2D eigenvalue weighted by Crippen LogP contribution is 2.15. The van der Waals surface area contributed by atoms with Crippen molar-refractivity contribution in [1.82, 2.24) is 15.1 Å². The molecule has 0 bridgehead atoms. The minimum atomic E-state index is 0.385. The van der Waals surface area contributed by atoms with Gasteiger partial charge >= 0.3 is 0 Å². The van der Waals surface area contributed by atoms with Crippen molar-refractivity contribution in [3.05, 3.63) is 18.0 Å². The summed E-state index contributed by atoms with van der Waals surface area (Å²) in [5.74, 6) is 0.